The van der Waals surface area contributed by atoms with Gasteiger partial charge in [0.1, 0.15) is 6.29 Å². The van der Waals surface area contributed by atoms with Crippen LogP contribution in [0.15, 0.2) is 0 Å². The van der Waals surface area contributed by atoms with Crippen LogP contribution in [0.4, 0.5) is 0 Å². The molecule has 0 aromatic carbocycles. The van der Waals surface area contributed by atoms with E-state index < -0.39 is 0 Å². The second-order valence-corrected chi connectivity index (χ2v) is 2.37. The molecule has 0 spiro atoms. The number of carbonyl (C=O) groups is 1. The fourth-order valence-electron chi connectivity index (χ4n) is 0.831. The molecule has 0 fully saturated rings. The van der Waals surface area contributed by atoms with Crippen LogP contribution in [0, 0.1) is 0 Å². The van der Waals surface area contributed by atoms with E-state index in [0.717, 1.165) is 19.1 Å². The molecule has 2 heteroatoms. The number of hydrogen-bond acceptors (Lipinski definition) is 1. The summed E-state index contributed by atoms with van der Waals surface area (Å²) in [5, 5.41) is 0. The quantitative estimate of drug-likeness (QED) is 0.326. The Morgan fingerprint density at radius 3 is 2.30 bits per heavy atom. The van der Waals surface area contributed by atoms with Gasteiger partial charge in [-0.15, -0.1) is 0 Å². The van der Waals surface area contributed by atoms with Crippen LogP contribution in [-0.4, -0.2) is 29.3 Å². The van der Waals surface area contributed by atoms with Gasteiger partial charge in [0.15, 0.2) is 0 Å². The average Bonchev–Trinajstić information content (AvgIpc) is 1.89. The molecule has 0 bridgehead atoms. The monoisotopic (exact) mass is 154 g/mol. The standard InChI is InChI=1S/C8H16O.Mg.2H/c1-2-3-4-5-6-7-8-9;;;/h8H,2-7H2,1H3;;;/q;+2;2*-1. The maximum Gasteiger partial charge on any atom is 2.00 e. The molecule has 58 valence electrons. The molecule has 0 rings (SSSR count). The summed E-state index contributed by atoms with van der Waals surface area (Å²) in [6.45, 7) is 2.19. The van der Waals surface area contributed by atoms with E-state index in [9.17, 15) is 4.79 Å². The molecule has 0 atom stereocenters. The molecule has 0 radical (unpaired) electrons. The van der Waals surface area contributed by atoms with Gasteiger partial charge in [-0.05, 0) is 6.42 Å². The van der Waals surface area contributed by atoms with Crippen LogP contribution in [0.3, 0.4) is 0 Å². The maximum atomic E-state index is 9.84. The topological polar surface area (TPSA) is 17.1 Å². The first-order chi connectivity index (χ1) is 4.41. The molecule has 0 saturated heterocycles. The Labute approximate surface area is 82.7 Å². The van der Waals surface area contributed by atoms with E-state index in [1.165, 1.54) is 25.7 Å². The molecule has 0 amide bonds. The van der Waals surface area contributed by atoms with E-state index in [-0.39, 0.29) is 25.9 Å². The second-order valence-electron chi connectivity index (χ2n) is 2.37. The van der Waals surface area contributed by atoms with Crippen molar-refractivity contribution in [3.8, 4) is 0 Å². The van der Waals surface area contributed by atoms with Crippen LogP contribution in [-0.2, 0) is 4.79 Å². The number of hydrogen-bond donors (Lipinski definition) is 0. The summed E-state index contributed by atoms with van der Waals surface area (Å²) in [7, 11) is 0. The van der Waals surface area contributed by atoms with Crippen molar-refractivity contribution >= 4 is 29.3 Å². The first-order valence-corrected chi connectivity index (χ1v) is 3.85. The molecule has 0 saturated carbocycles. The molecule has 10 heavy (non-hydrogen) atoms. The molecule has 0 aliphatic carbocycles. The zero-order valence-corrected chi connectivity index (χ0v) is 8.35. The van der Waals surface area contributed by atoms with E-state index in [2.05, 4.69) is 6.92 Å². The van der Waals surface area contributed by atoms with Gasteiger partial charge in [0, 0.05) is 6.42 Å². The summed E-state index contributed by atoms with van der Waals surface area (Å²) in [5.41, 5.74) is 0. The van der Waals surface area contributed by atoms with Gasteiger partial charge in [0.2, 0.25) is 0 Å². The minimum Gasteiger partial charge on any atom is -1.00 e. The molecule has 0 N–H and O–H groups in total. The van der Waals surface area contributed by atoms with Gasteiger partial charge in [-0.2, -0.15) is 0 Å². The molecule has 0 aromatic rings. The van der Waals surface area contributed by atoms with Crippen LogP contribution in [0.2, 0.25) is 0 Å². The van der Waals surface area contributed by atoms with Gasteiger partial charge in [-0.3, -0.25) is 0 Å². The Balaban J connectivity index is -0.000000107. The van der Waals surface area contributed by atoms with Gasteiger partial charge >= 0.3 is 23.1 Å². The fourth-order valence-corrected chi connectivity index (χ4v) is 0.831. The van der Waals surface area contributed by atoms with Crippen molar-refractivity contribution in [2.24, 2.45) is 0 Å². The smallest absolute Gasteiger partial charge is 1.00 e. The van der Waals surface area contributed by atoms with Crippen molar-refractivity contribution in [1.29, 1.82) is 0 Å². The Morgan fingerprint density at radius 1 is 1.20 bits per heavy atom. The van der Waals surface area contributed by atoms with E-state index >= 15 is 0 Å². The Morgan fingerprint density at radius 2 is 1.80 bits per heavy atom. The molecular formula is C8H18MgO. The number of unbranched alkanes of at least 4 members (excludes halogenated alkanes) is 5. The van der Waals surface area contributed by atoms with Gasteiger partial charge in [0.25, 0.3) is 0 Å². The molecule has 0 unspecified atom stereocenters. The van der Waals surface area contributed by atoms with Crippen molar-refractivity contribution in [2.75, 3.05) is 0 Å². The average molecular weight is 155 g/mol. The minimum absolute atomic E-state index is 0. The molecular weight excluding hydrogens is 136 g/mol. The fraction of sp³-hybridized carbons (Fsp3) is 0.875. The van der Waals surface area contributed by atoms with Crippen molar-refractivity contribution in [1.82, 2.24) is 0 Å². The Hall–Kier alpha value is 0.436. The number of rotatable bonds is 6. The molecule has 0 aromatic heterocycles. The SMILES string of the molecule is CCCCCCCC=O.[H-].[H-].[Mg+2]. The summed E-state index contributed by atoms with van der Waals surface area (Å²) in [4.78, 5) is 9.84. The summed E-state index contributed by atoms with van der Waals surface area (Å²) < 4.78 is 0. The van der Waals surface area contributed by atoms with Gasteiger partial charge in [-0.25, -0.2) is 0 Å². The van der Waals surface area contributed by atoms with Crippen molar-refractivity contribution < 1.29 is 7.65 Å². The molecule has 0 aliphatic rings. The largest absolute Gasteiger partial charge is 2.00 e. The van der Waals surface area contributed by atoms with Crippen molar-refractivity contribution in [3.05, 3.63) is 0 Å². The van der Waals surface area contributed by atoms with Crippen LogP contribution >= 0.6 is 0 Å². The number of carbonyl (C=O) groups excluding carboxylic acids is 1. The van der Waals surface area contributed by atoms with Gasteiger partial charge in [0.05, 0.1) is 0 Å². The van der Waals surface area contributed by atoms with Crippen LogP contribution in [0.1, 0.15) is 48.3 Å². The first-order valence-electron chi connectivity index (χ1n) is 3.85. The van der Waals surface area contributed by atoms with E-state index in [1.54, 1.807) is 0 Å². The summed E-state index contributed by atoms with van der Waals surface area (Å²) in [6.07, 6.45) is 7.97. The normalized spacial score (nSPS) is 8.50. The Bertz CT molecular complexity index is 72.1. The third-order valence-corrected chi connectivity index (χ3v) is 1.43. The second kappa shape index (κ2) is 12.1. The number of aldehydes is 1. The van der Waals surface area contributed by atoms with Crippen molar-refractivity contribution in [2.45, 2.75) is 45.4 Å². The molecule has 0 heterocycles. The molecule has 1 nitrogen and oxygen atoms in total. The van der Waals surface area contributed by atoms with Crippen molar-refractivity contribution in [3.63, 3.8) is 0 Å². The predicted molar refractivity (Wildman–Crippen MR) is 47.4 cm³/mol. The Kier molecular flexibility index (Phi) is 15.9. The zero-order chi connectivity index (χ0) is 6.95. The van der Waals surface area contributed by atoms with Crippen LogP contribution in [0.5, 0.6) is 0 Å². The third-order valence-electron chi connectivity index (χ3n) is 1.43. The summed E-state index contributed by atoms with van der Waals surface area (Å²) in [6, 6.07) is 0. The van der Waals surface area contributed by atoms with Crippen LogP contribution in [0.25, 0.3) is 0 Å². The maximum absolute atomic E-state index is 9.84. The zero-order valence-electron chi connectivity index (χ0n) is 8.94. The van der Waals surface area contributed by atoms with Gasteiger partial charge in [-0.1, -0.05) is 32.6 Å². The third kappa shape index (κ3) is 11.3. The van der Waals surface area contributed by atoms with Gasteiger partial charge < -0.3 is 7.65 Å². The van der Waals surface area contributed by atoms with E-state index in [1.807, 2.05) is 0 Å². The molecule has 0 aliphatic heterocycles. The minimum atomic E-state index is 0. The van der Waals surface area contributed by atoms with E-state index in [0.29, 0.717) is 0 Å². The van der Waals surface area contributed by atoms with Crippen LogP contribution < -0.4 is 0 Å². The first kappa shape index (κ1) is 13.1. The van der Waals surface area contributed by atoms with E-state index in [4.69, 9.17) is 0 Å². The summed E-state index contributed by atoms with van der Waals surface area (Å²) in [5.74, 6) is 0. The summed E-state index contributed by atoms with van der Waals surface area (Å²) >= 11 is 0. The predicted octanol–water partition coefficient (Wildman–Crippen LogP) is 2.39.